The zero-order valence-corrected chi connectivity index (χ0v) is 13.6. The van der Waals surface area contributed by atoms with Gasteiger partial charge in [-0.3, -0.25) is 0 Å². The molecule has 0 spiro atoms. The van der Waals surface area contributed by atoms with Crippen LogP contribution in [0.4, 0.5) is 4.39 Å². The summed E-state index contributed by atoms with van der Waals surface area (Å²) in [5.74, 6) is 0.620. The van der Waals surface area contributed by atoms with E-state index >= 15 is 0 Å². The molecule has 2 unspecified atom stereocenters. The smallest absolute Gasteiger partial charge is 0.125 e. The molecule has 1 N–H and O–H groups in total. The lowest BCUT2D eigenvalue weighted by Gasteiger charge is -2.40. The van der Waals surface area contributed by atoms with E-state index in [4.69, 9.17) is 4.74 Å². The summed E-state index contributed by atoms with van der Waals surface area (Å²) in [5, 5.41) is 3.58. The van der Waals surface area contributed by atoms with Crippen molar-refractivity contribution in [1.82, 2.24) is 10.2 Å². The Balaban J connectivity index is 2.10. The van der Waals surface area contributed by atoms with Gasteiger partial charge in [0, 0.05) is 18.0 Å². The average Bonchev–Trinajstić information content (AvgIpc) is 2.44. The molecule has 1 aliphatic heterocycles. The molecular weight excluding hydrogens is 267 g/mol. The maximum Gasteiger partial charge on any atom is 0.125 e. The van der Waals surface area contributed by atoms with Crippen molar-refractivity contribution in [3.63, 3.8) is 0 Å². The van der Waals surface area contributed by atoms with Gasteiger partial charge in [0.1, 0.15) is 17.2 Å². The Kier molecular flexibility index (Phi) is 5.22. The van der Waals surface area contributed by atoms with Gasteiger partial charge in [-0.25, -0.2) is 4.39 Å². The quantitative estimate of drug-likeness (QED) is 0.814. The molecule has 2 atom stereocenters. The molecule has 1 aromatic rings. The average molecular weight is 294 g/mol. The largest absolute Gasteiger partial charge is 0.487 e. The Morgan fingerprint density at radius 1 is 1.43 bits per heavy atom. The standard InChI is InChI=1S/C17H27FN2O/c1-5-17(2)12-15(19-9-6-10-20(3)4)14-11-13(18)7-8-16(14)21-17/h7-8,11,15,19H,5-6,9-10,12H2,1-4H3. The third-order valence-electron chi connectivity index (χ3n) is 4.26. The van der Waals surface area contributed by atoms with Crippen LogP contribution in [0, 0.1) is 5.82 Å². The maximum absolute atomic E-state index is 13.5. The van der Waals surface area contributed by atoms with E-state index in [0.29, 0.717) is 0 Å². The third kappa shape index (κ3) is 4.17. The number of rotatable bonds is 6. The number of fused-ring (bicyclic) bond motifs is 1. The van der Waals surface area contributed by atoms with Gasteiger partial charge >= 0.3 is 0 Å². The molecule has 0 fully saturated rings. The van der Waals surface area contributed by atoms with Crippen molar-refractivity contribution in [1.29, 1.82) is 0 Å². The first-order valence-electron chi connectivity index (χ1n) is 7.80. The van der Waals surface area contributed by atoms with Crippen LogP contribution in [0.5, 0.6) is 5.75 Å². The third-order valence-corrected chi connectivity index (χ3v) is 4.26. The molecule has 0 aromatic heterocycles. The van der Waals surface area contributed by atoms with Gasteiger partial charge < -0.3 is 15.0 Å². The fourth-order valence-corrected chi connectivity index (χ4v) is 2.80. The van der Waals surface area contributed by atoms with Crippen molar-refractivity contribution in [2.45, 2.75) is 44.8 Å². The number of hydrogen-bond acceptors (Lipinski definition) is 3. The van der Waals surface area contributed by atoms with Crippen LogP contribution in [0.25, 0.3) is 0 Å². The Morgan fingerprint density at radius 2 is 2.19 bits per heavy atom. The number of halogens is 1. The van der Waals surface area contributed by atoms with Gasteiger partial charge in [-0.2, -0.15) is 0 Å². The van der Waals surface area contributed by atoms with Crippen LogP contribution in [0.2, 0.25) is 0 Å². The molecule has 2 rings (SSSR count). The van der Waals surface area contributed by atoms with Gasteiger partial charge in [0.25, 0.3) is 0 Å². The van der Waals surface area contributed by atoms with Crippen LogP contribution in [0.3, 0.4) is 0 Å². The summed E-state index contributed by atoms with van der Waals surface area (Å²) >= 11 is 0. The molecule has 0 bridgehead atoms. The highest BCUT2D eigenvalue weighted by Gasteiger charge is 2.35. The SMILES string of the molecule is CCC1(C)CC(NCCCN(C)C)c2cc(F)ccc2O1. The normalized spacial score (nSPS) is 24.8. The Morgan fingerprint density at radius 3 is 2.86 bits per heavy atom. The molecular formula is C17H27FN2O. The van der Waals surface area contributed by atoms with Gasteiger partial charge in [-0.05, 0) is 65.1 Å². The fraction of sp³-hybridized carbons (Fsp3) is 0.647. The highest BCUT2D eigenvalue weighted by atomic mass is 19.1. The molecule has 3 nitrogen and oxygen atoms in total. The first-order valence-corrected chi connectivity index (χ1v) is 7.80. The van der Waals surface area contributed by atoms with Gasteiger partial charge in [-0.1, -0.05) is 6.92 Å². The van der Waals surface area contributed by atoms with Crippen LogP contribution >= 0.6 is 0 Å². The topological polar surface area (TPSA) is 24.5 Å². The summed E-state index contributed by atoms with van der Waals surface area (Å²) < 4.78 is 19.6. The molecule has 0 saturated heterocycles. The van der Waals surface area contributed by atoms with Crippen molar-refractivity contribution >= 4 is 0 Å². The first kappa shape index (κ1) is 16.2. The van der Waals surface area contributed by atoms with Crippen molar-refractivity contribution < 1.29 is 9.13 Å². The molecule has 1 aromatic carbocycles. The molecule has 1 heterocycles. The minimum atomic E-state index is -0.197. The predicted molar refractivity (Wildman–Crippen MR) is 84.3 cm³/mol. The second-order valence-corrected chi connectivity index (χ2v) is 6.46. The van der Waals surface area contributed by atoms with Crippen molar-refractivity contribution in [3.05, 3.63) is 29.6 Å². The Bertz CT molecular complexity index is 478. The van der Waals surface area contributed by atoms with E-state index in [-0.39, 0.29) is 17.5 Å². The predicted octanol–water partition coefficient (Wildman–Crippen LogP) is 3.36. The van der Waals surface area contributed by atoms with Crippen molar-refractivity contribution in [2.24, 2.45) is 0 Å². The molecule has 21 heavy (non-hydrogen) atoms. The van der Waals surface area contributed by atoms with E-state index in [1.165, 1.54) is 6.07 Å². The minimum Gasteiger partial charge on any atom is -0.487 e. The molecule has 118 valence electrons. The van der Waals surface area contributed by atoms with Gasteiger partial charge in [0.2, 0.25) is 0 Å². The van der Waals surface area contributed by atoms with Crippen LogP contribution in [0.15, 0.2) is 18.2 Å². The molecule has 0 aliphatic carbocycles. The maximum atomic E-state index is 13.5. The highest BCUT2D eigenvalue weighted by molar-refractivity contribution is 5.39. The number of nitrogens with one attached hydrogen (secondary N) is 1. The summed E-state index contributed by atoms with van der Waals surface area (Å²) in [5.41, 5.74) is 0.773. The van der Waals surface area contributed by atoms with E-state index in [2.05, 4.69) is 38.2 Å². The molecule has 4 heteroatoms. The molecule has 0 radical (unpaired) electrons. The Labute approximate surface area is 127 Å². The van der Waals surface area contributed by atoms with E-state index in [1.54, 1.807) is 12.1 Å². The monoisotopic (exact) mass is 294 g/mol. The summed E-state index contributed by atoms with van der Waals surface area (Å²) in [6.07, 6.45) is 2.90. The highest BCUT2D eigenvalue weighted by Crippen LogP contribution is 2.41. The van der Waals surface area contributed by atoms with E-state index in [1.807, 2.05) is 0 Å². The summed E-state index contributed by atoms with van der Waals surface area (Å²) in [7, 11) is 4.15. The zero-order chi connectivity index (χ0) is 15.5. The first-order chi connectivity index (χ1) is 9.93. The van der Waals surface area contributed by atoms with Crippen LogP contribution < -0.4 is 10.1 Å². The van der Waals surface area contributed by atoms with Gasteiger partial charge in [-0.15, -0.1) is 0 Å². The summed E-state index contributed by atoms with van der Waals surface area (Å²) in [6.45, 7) is 6.25. The zero-order valence-electron chi connectivity index (χ0n) is 13.6. The fourth-order valence-electron chi connectivity index (χ4n) is 2.80. The number of benzene rings is 1. The lowest BCUT2D eigenvalue weighted by molar-refractivity contribution is 0.0439. The van der Waals surface area contributed by atoms with E-state index in [9.17, 15) is 4.39 Å². The minimum absolute atomic E-state index is 0.163. The van der Waals surface area contributed by atoms with Crippen LogP contribution in [-0.4, -0.2) is 37.7 Å². The van der Waals surface area contributed by atoms with Crippen molar-refractivity contribution in [2.75, 3.05) is 27.2 Å². The van der Waals surface area contributed by atoms with E-state index in [0.717, 1.165) is 43.7 Å². The second-order valence-electron chi connectivity index (χ2n) is 6.46. The lowest BCUT2D eigenvalue weighted by atomic mass is 9.86. The number of nitrogens with zero attached hydrogens (tertiary/aromatic N) is 1. The van der Waals surface area contributed by atoms with E-state index < -0.39 is 0 Å². The van der Waals surface area contributed by atoms with Crippen LogP contribution in [0.1, 0.15) is 44.7 Å². The lowest BCUT2D eigenvalue weighted by Crippen LogP contribution is -2.41. The van der Waals surface area contributed by atoms with Gasteiger partial charge in [0.05, 0.1) is 0 Å². The van der Waals surface area contributed by atoms with Crippen molar-refractivity contribution in [3.8, 4) is 5.75 Å². The van der Waals surface area contributed by atoms with Gasteiger partial charge in [0.15, 0.2) is 0 Å². The number of ether oxygens (including phenoxy) is 1. The summed E-state index contributed by atoms with van der Waals surface area (Å²) in [4.78, 5) is 2.18. The molecule has 0 saturated carbocycles. The summed E-state index contributed by atoms with van der Waals surface area (Å²) in [6, 6.07) is 5.00. The molecule has 0 amide bonds. The second kappa shape index (κ2) is 6.75. The number of hydrogen-bond donors (Lipinski definition) is 1. The van der Waals surface area contributed by atoms with Crippen LogP contribution in [-0.2, 0) is 0 Å². The molecule has 1 aliphatic rings. The Hall–Kier alpha value is -1.13.